The Morgan fingerprint density at radius 1 is 0.539 bits per heavy atom. The van der Waals surface area contributed by atoms with Crippen LogP contribution < -0.4 is 42.4 Å². The number of rotatable bonds is 18. The topological polar surface area (TPSA) is 435 Å². The number of carboxylic acids is 1. The van der Waals surface area contributed by atoms with Gasteiger partial charge in [0.1, 0.15) is 60.9 Å². The lowest BCUT2D eigenvalue weighted by Crippen LogP contribution is -2.38. The molecule has 9 rings (SSSR count). The molecule has 0 spiro atoms. The van der Waals surface area contributed by atoms with Gasteiger partial charge in [-0.3, -0.25) is 68.7 Å². The zero-order chi connectivity index (χ0) is 77.0. The number of aryl methyl sites for hydroxylation is 1. The number of thioether (sulfide) groups is 1. The summed E-state index contributed by atoms with van der Waals surface area (Å²) in [6.45, 7) is 3.74. The molecule has 2 atom stereocenters. The molecule has 1 fully saturated rings. The fourth-order valence-electron chi connectivity index (χ4n) is 8.97. The molecule has 0 aliphatic carbocycles. The summed E-state index contributed by atoms with van der Waals surface area (Å²) in [4.78, 5) is 141. The second kappa shape index (κ2) is 35.6. The van der Waals surface area contributed by atoms with E-state index in [2.05, 4.69) is 16.0 Å². The Balaban J connectivity index is 0.000000240. The van der Waals surface area contributed by atoms with Crippen LogP contribution in [0.4, 0.5) is 45.5 Å². The third kappa shape index (κ3) is 19.0. The van der Waals surface area contributed by atoms with Crippen LogP contribution in [-0.4, -0.2) is 158 Å². The van der Waals surface area contributed by atoms with Gasteiger partial charge in [0.2, 0.25) is 5.75 Å². The number of nitrogens with zero attached hydrogens (tertiary/aromatic N) is 7. The van der Waals surface area contributed by atoms with Gasteiger partial charge in [-0.1, -0.05) is 81.2 Å². The Hall–Kier alpha value is -9.93. The molecule has 102 heavy (non-hydrogen) atoms. The van der Waals surface area contributed by atoms with E-state index >= 15 is 0 Å². The van der Waals surface area contributed by atoms with E-state index in [4.69, 9.17) is 95.5 Å². The third-order valence-electron chi connectivity index (χ3n) is 14.1. The van der Waals surface area contributed by atoms with E-state index in [0.29, 0.717) is 5.76 Å². The first kappa shape index (κ1) is 82.7. The number of hydrogen-bond acceptors (Lipinski definition) is 24. The molecule has 39 heteroatoms. The van der Waals surface area contributed by atoms with Crippen molar-refractivity contribution in [1.29, 1.82) is 0 Å². The summed E-state index contributed by atoms with van der Waals surface area (Å²) in [6.07, 6.45) is 2.01. The number of furan rings is 1. The normalized spacial score (nSPS) is 12.3. The molecular weight excluding hydrogens is 1510 g/mol. The van der Waals surface area contributed by atoms with E-state index < -0.39 is 105 Å². The molecule has 7 N–H and O–H groups in total. The fraction of sp³-hybridized carbons (Fsp3) is 0.254. The number of ether oxygens (including phenoxy) is 1. The molecular formula is C63H59Cl7N10O21S. The minimum absolute atomic E-state index is 0.0251. The van der Waals surface area contributed by atoms with E-state index in [9.17, 15) is 88.8 Å². The van der Waals surface area contributed by atoms with E-state index in [-0.39, 0.29) is 110 Å². The predicted octanol–water partition coefficient (Wildman–Crippen LogP) is 12.4. The number of carbonyl (C=O) groups is 5. The van der Waals surface area contributed by atoms with Crippen molar-refractivity contribution in [2.75, 3.05) is 84.7 Å². The second-order valence-corrected chi connectivity index (χ2v) is 26.0. The van der Waals surface area contributed by atoms with Gasteiger partial charge in [0.25, 0.3) is 56.7 Å². The quantitative estimate of drug-likeness (QED) is 0.0181. The highest BCUT2D eigenvalue weighted by Crippen LogP contribution is 2.43. The maximum absolute atomic E-state index is 12.5. The van der Waals surface area contributed by atoms with Crippen molar-refractivity contribution in [3.63, 3.8) is 0 Å². The Morgan fingerprint density at radius 3 is 1.30 bits per heavy atom. The number of aromatic hydroxyl groups is 3. The standard InChI is InChI=1S/C23H24ClN3O5S.C15H15ClN2O5.C9H8Cl2N2O3.C9H9ClN2O4.C7H3Cl2NO4/c1-11-6-9-14(32-11)17(15-5-4-10-33-15)26-19-18(21(29)22(19)30)25-13-8-7-12(24)16(20(13)28)23(31)27(2)3;1-4-23-14-10(12(20)13(14)21)17-8-6-5-7(16)9(11(8)19)15(22)18(2)3;1-12(2)9(14)7-5(10)3-4-6(8(7)11)13(15)16;1-11(2)9(14)7-5(10)3-4-6(8(7)13)12(15)16;8-3-1-2-4(10(13)14)6(9)5(3)7(11)12/h6-9,15,17,25-26,28H,4-5,10H2,1-3H3;5-6,17,19H,4H2,1-3H3;3-4H,1-2H3;3-4,13H,1-2H3;1-2H,(H,11,12). The second-order valence-electron chi connectivity index (χ2n) is 21.9. The summed E-state index contributed by atoms with van der Waals surface area (Å²) < 4.78 is 10.9. The molecule has 542 valence electrons. The first-order valence-corrected chi connectivity index (χ1v) is 32.7. The number of aromatic carboxylic acids is 1. The van der Waals surface area contributed by atoms with Crippen molar-refractivity contribution in [2.24, 2.45) is 0 Å². The number of amides is 4. The number of benzene rings is 5. The molecule has 0 saturated carbocycles. The highest BCUT2D eigenvalue weighted by molar-refractivity contribution is 8.00. The number of nitro groups is 3. The van der Waals surface area contributed by atoms with E-state index in [0.717, 1.165) is 48.6 Å². The largest absolute Gasteiger partial charge is 0.505 e. The lowest BCUT2D eigenvalue weighted by Gasteiger charge is -2.25. The highest BCUT2D eigenvalue weighted by atomic mass is 35.5. The summed E-state index contributed by atoms with van der Waals surface area (Å²) in [6, 6.07) is 16.0. The molecule has 2 unspecified atom stereocenters. The Labute approximate surface area is 616 Å². The van der Waals surface area contributed by atoms with Gasteiger partial charge in [0.15, 0.2) is 17.2 Å². The van der Waals surface area contributed by atoms with E-state index in [1.165, 1.54) is 112 Å². The molecule has 1 saturated heterocycles. The lowest BCUT2D eigenvalue weighted by atomic mass is 10.0. The van der Waals surface area contributed by atoms with Gasteiger partial charge < -0.3 is 65.1 Å². The molecule has 0 radical (unpaired) electrons. The Kier molecular flexibility index (Phi) is 28.9. The molecule has 4 amide bonds. The molecule has 1 aliphatic heterocycles. The van der Waals surface area contributed by atoms with Crippen molar-refractivity contribution >= 4 is 168 Å². The van der Waals surface area contributed by atoms with Crippen LogP contribution in [0.2, 0.25) is 35.2 Å². The predicted molar refractivity (Wildman–Crippen MR) is 387 cm³/mol. The number of hydrogen-bond donors (Lipinski definition) is 7. The smallest absolute Gasteiger partial charge is 0.339 e. The van der Waals surface area contributed by atoms with Crippen molar-refractivity contribution in [3.05, 3.63) is 219 Å². The van der Waals surface area contributed by atoms with Gasteiger partial charge in [0, 0.05) is 79.8 Å². The zero-order valence-electron chi connectivity index (χ0n) is 54.8. The molecule has 0 bridgehead atoms. The third-order valence-corrected chi connectivity index (χ3v) is 17.9. The van der Waals surface area contributed by atoms with Gasteiger partial charge in [0.05, 0.1) is 69.5 Å². The molecule has 1 aromatic heterocycles. The zero-order valence-corrected chi connectivity index (χ0v) is 60.9. The molecule has 8 aromatic rings. The Morgan fingerprint density at radius 2 is 0.912 bits per heavy atom. The summed E-state index contributed by atoms with van der Waals surface area (Å²) in [5.41, 5.74) is -4.89. The number of phenolic OH excluding ortho intramolecular Hbond substituents is 3. The summed E-state index contributed by atoms with van der Waals surface area (Å²) in [5, 5.41) is 79.0. The van der Waals surface area contributed by atoms with Crippen LogP contribution >= 0.6 is 93.0 Å². The van der Waals surface area contributed by atoms with Gasteiger partial charge in [-0.05, 0) is 87.0 Å². The molecule has 1 aliphatic rings. The number of phenols is 3. The van der Waals surface area contributed by atoms with Crippen LogP contribution in [-0.2, 0) is 0 Å². The van der Waals surface area contributed by atoms with Crippen molar-refractivity contribution < 1.29 is 68.3 Å². The van der Waals surface area contributed by atoms with Crippen LogP contribution in [0, 0.1) is 37.3 Å². The van der Waals surface area contributed by atoms with Gasteiger partial charge in [-0.2, -0.15) is 11.8 Å². The van der Waals surface area contributed by atoms with Gasteiger partial charge in [-0.15, -0.1) is 0 Å². The van der Waals surface area contributed by atoms with E-state index in [1.807, 2.05) is 19.1 Å². The highest BCUT2D eigenvalue weighted by Gasteiger charge is 2.35. The minimum Gasteiger partial charge on any atom is -0.505 e. The van der Waals surface area contributed by atoms with Crippen LogP contribution in [0.5, 0.6) is 23.0 Å². The maximum Gasteiger partial charge on any atom is 0.339 e. The fourth-order valence-corrected chi connectivity index (χ4v) is 12.2. The maximum atomic E-state index is 12.5. The summed E-state index contributed by atoms with van der Waals surface area (Å²) in [5.74, 6) is -2.59. The van der Waals surface area contributed by atoms with Crippen molar-refractivity contribution in [1.82, 2.24) is 19.6 Å². The van der Waals surface area contributed by atoms with Crippen LogP contribution in [0.3, 0.4) is 0 Å². The first-order valence-electron chi connectivity index (χ1n) is 29.0. The summed E-state index contributed by atoms with van der Waals surface area (Å²) in [7, 11) is 12.0. The molecule has 31 nitrogen and oxygen atoms in total. The van der Waals surface area contributed by atoms with Gasteiger partial charge in [-0.25, -0.2) is 4.79 Å². The first-order chi connectivity index (χ1) is 47.6. The summed E-state index contributed by atoms with van der Waals surface area (Å²) >= 11 is 42.2. The minimum atomic E-state index is -1.40. The molecule has 2 heterocycles. The van der Waals surface area contributed by atoms with E-state index in [1.54, 1.807) is 18.7 Å². The number of nitrogens with one attached hydrogen (secondary N) is 3. The van der Waals surface area contributed by atoms with Crippen molar-refractivity contribution in [3.8, 4) is 23.0 Å². The van der Waals surface area contributed by atoms with Crippen molar-refractivity contribution in [2.45, 2.75) is 38.0 Å². The number of nitro benzene ring substituents is 3. The van der Waals surface area contributed by atoms with Crippen LogP contribution in [0.15, 0.2) is 96.4 Å². The number of halogens is 7. The number of carbonyl (C=O) groups excluding carboxylic acids is 4. The average molecular weight is 1570 g/mol. The average Bonchev–Trinajstić information content (AvgIpc) is 0.951. The molecule has 7 aromatic carbocycles. The lowest BCUT2D eigenvalue weighted by molar-refractivity contribution is -0.385. The number of anilines is 5. The number of carboxylic acid groups (broad SMARTS) is 1. The van der Waals surface area contributed by atoms with Crippen LogP contribution in [0.1, 0.15) is 89.1 Å². The SMILES string of the molecule is CCOc1c(Nc2ccc(Cl)c(C(=O)N(C)C)c2O)c(=O)c1=O.CN(C)C(=O)c1c(Cl)ccc([N+](=O)[O-])c1Cl.CN(C)C(=O)c1c(Cl)ccc([N+](=O)[O-])c1O.Cc1ccc(C(Nc2c(Nc3ccc(Cl)c(C(=O)N(C)C)c3O)c(=O)c2=O)C2CCCS2)o1.O=C(O)c1c(Cl)ccc([N+](=O)[O-])c1Cl. The monoisotopic (exact) mass is 1570 g/mol. The van der Waals surface area contributed by atoms with Gasteiger partial charge >= 0.3 is 11.7 Å². The Bertz CT molecular complexity index is 4670. The van der Waals surface area contributed by atoms with Crippen LogP contribution in [0.25, 0.3) is 0 Å².